The molecule has 0 heterocycles. The molecule has 0 aliphatic heterocycles. The second-order valence-corrected chi connectivity index (χ2v) is 6.94. The Balaban J connectivity index is 2.72. The Morgan fingerprint density at radius 2 is 1.75 bits per heavy atom. The van der Waals surface area contributed by atoms with E-state index in [9.17, 15) is 4.79 Å². The second kappa shape index (κ2) is 8.08. The first-order valence-electron chi connectivity index (χ1n) is 6.63. The maximum atomic E-state index is 12.1. The largest absolute Gasteiger partial charge is 0.312 e. The highest BCUT2D eigenvalue weighted by Crippen LogP contribution is 2.27. The van der Waals surface area contributed by atoms with Gasteiger partial charge in [-0.3, -0.25) is 4.79 Å². The summed E-state index contributed by atoms with van der Waals surface area (Å²) in [6, 6.07) is 9.49. The van der Waals surface area contributed by atoms with Gasteiger partial charge in [-0.1, -0.05) is 65.1 Å². The van der Waals surface area contributed by atoms with Crippen molar-refractivity contribution in [3.05, 3.63) is 35.9 Å². The summed E-state index contributed by atoms with van der Waals surface area (Å²) in [5, 5.41) is 2.84. The molecule has 0 saturated heterocycles. The van der Waals surface area contributed by atoms with Crippen molar-refractivity contribution in [3.63, 3.8) is 0 Å². The van der Waals surface area contributed by atoms with Crippen LogP contribution in [-0.4, -0.2) is 29.0 Å². The number of hydrogen-bond acceptors (Lipinski definition) is 1. The van der Waals surface area contributed by atoms with Gasteiger partial charge < -0.3 is 10.2 Å². The van der Waals surface area contributed by atoms with Gasteiger partial charge in [0.25, 0.3) is 3.79 Å². The van der Waals surface area contributed by atoms with Crippen molar-refractivity contribution < 1.29 is 9.69 Å². The number of hydrogen-bond donors (Lipinski definition) is 2. The minimum absolute atomic E-state index is 0.146. The number of halogens is 3. The first-order valence-corrected chi connectivity index (χ1v) is 7.76. The molecule has 1 atom stereocenters. The van der Waals surface area contributed by atoms with Crippen molar-refractivity contribution in [3.8, 4) is 0 Å². The fourth-order valence-electron chi connectivity index (χ4n) is 2.07. The highest BCUT2D eigenvalue weighted by molar-refractivity contribution is 6.68. The predicted octanol–water partition coefficient (Wildman–Crippen LogP) is 1.97. The number of alkyl halides is 3. The first kappa shape index (κ1) is 17.6. The number of carbonyl (C=O) groups excluding carboxylic acids is 1. The van der Waals surface area contributed by atoms with E-state index in [2.05, 4.69) is 5.32 Å². The van der Waals surface area contributed by atoms with E-state index in [1.807, 2.05) is 44.2 Å². The van der Waals surface area contributed by atoms with Gasteiger partial charge in [0.15, 0.2) is 0 Å². The molecule has 0 aromatic heterocycles. The van der Waals surface area contributed by atoms with Crippen molar-refractivity contribution in [2.24, 2.45) is 0 Å². The van der Waals surface area contributed by atoms with Crippen LogP contribution >= 0.6 is 34.8 Å². The fourth-order valence-corrected chi connectivity index (χ4v) is 2.69. The molecule has 2 N–H and O–H groups in total. The molecule has 0 spiro atoms. The maximum absolute atomic E-state index is 12.1. The minimum Gasteiger partial charge on any atom is -0.312 e. The molecular weight excluding hydrogens is 319 g/mol. The van der Waals surface area contributed by atoms with Crippen LogP contribution in [0.4, 0.5) is 0 Å². The lowest BCUT2D eigenvalue weighted by Crippen LogP contribution is -3.18. The van der Waals surface area contributed by atoms with E-state index in [0.29, 0.717) is 0 Å². The number of benzene rings is 1. The molecule has 0 fully saturated rings. The van der Waals surface area contributed by atoms with Crippen molar-refractivity contribution in [1.29, 1.82) is 0 Å². The van der Waals surface area contributed by atoms with Gasteiger partial charge >= 0.3 is 0 Å². The van der Waals surface area contributed by atoms with Crippen LogP contribution in [0.15, 0.2) is 30.3 Å². The number of carbonyl (C=O) groups is 1. The first-order chi connectivity index (χ1) is 9.38. The number of nitrogens with one attached hydrogen (secondary N) is 2. The lowest BCUT2D eigenvalue weighted by atomic mass is 10.1. The maximum Gasteiger partial charge on any atom is 0.262 e. The third kappa shape index (κ3) is 5.49. The van der Waals surface area contributed by atoms with Crippen LogP contribution < -0.4 is 10.2 Å². The van der Waals surface area contributed by atoms with Crippen molar-refractivity contribution in [2.45, 2.75) is 30.2 Å². The topological polar surface area (TPSA) is 33.5 Å². The molecule has 0 unspecified atom stereocenters. The summed E-state index contributed by atoms with van der Waals surface area (Å²) >= 11 is 18.0. The molecular formula is C14H20Cl3N2O+. The molecule has 112 valence electrons. The predicted molar refractivity (Wildman–Crippen MR) is 84.4 cm³/mol. The molecule has 1 rings (SSSR count). The Kier molecular flexibility index (Phi) is 7.10. The summed E-state index contributed by atoms with van der Waals surface area (Å²) in [6.07, 6.45) is -0.280. The zero-order valence-electron chi connectivity index (χ0n) is 11.6. The van der Waals surface area contributed by atoms with E-state index in [0.717, 1.165) is 23.6 Å². The Labute approximate surface area is 135 Å². The van der Waals surface area contributed by atoms with Gasteiger partial charge in [0.2, 0.25) is 12.1 Å². The van der Waals surface area contributed by atoms with Gasteiger partial charge in [0.05, 0.1) is 19.5 Å². The van der Waals surface area contributed by atoms with Crippen LogP contribution in [0.2, 0.25) is 0 Å². The third-order valence-electron chi connectivity index (χ3n) is 3.16. The van der Waals surface area contributed by atoms with Crippen LogP contribution in [0.5, 0.6) is 0 Å². The molecule has 3 nitrogen and oxygen atoms in total. The van der Waals surface area contributed by atoms with Crippen LogP contribution in [0.25, 0.3) is 0 Å². The fraction of sp³-hybridized carbons (Fsp3) is 0.500. The van der Waals surface area contributed by atoms with Gasteiger partial charge in [0, 0.05) is 0 Å². The lowest BCUT2D eigenvalue weighted by Gasteiger charge is -2.31. The molecule has 20 heavy (non-hydrogen) atoms. The second-order valence-electron chi connectivity index (χ2n) is 4.57. The Morgan fingerprint density at radius 3 is 2.20 bits per heavy atom. The summed E-state index contributed by atoms with van der Waals surface area (Å²) in [6.45, 7) is 5.51. The average Bonchev–Trinajstić information content (AvgIpc) is 2.39. The van der Waals surface area contributed by atoms with Gasteiger partial charge in [-0.05, 0) is 19.4 Å². The molecule has 0 aliphatic carbocycles. The smallest absolute Gasteiger partial charge is 0.262 e. The monoisotopic (exact) mass is 337 g/mol. The normalized spacial score (nSPS) is 13.3. The minimum atomic E-state index is -1.53. The quantitative estimate of drug-likeness (QED) is 0.603. The molecule has 0 saturated carbocycles. The van der Waals surface area contributed by atoms with Crippen molar-refractivity contribution >= 4 is 40.7 Å². The highest BCUT2D eigenvalue weighted by Gasteiger charge is 2.40. The summed E-state index contributed by atoms with van der Waals surface area (Å²) in [5.74, 6) is -0.146. The summed E-state index contributed by atoms with van der Waals surface area (Å²) in [7, 11) is 0. The van der Waals surface area contributed by atoms with Gasteiger partial charge in [-0.15, -0.1) is 0 Å². The van der Waals surface area contributed by atoms with E-state index < -0.39 is 9.96 Å². The van der Waals surface area contributed by atoms with E-state index in [4.69, 9.17) is 34.8 Å². The van der Waals surface area contributed by atoms with Gasteiger partial charge in [-0.2, -0.15) is 0 Å². The van der Waals surface area contributed by atoms with E-state index in [1.54, 1.807) is 0 Å². The standard InChI is InChI=1S/C14H19Cl3N2O/c1-3-19(4-2)13(14(15,16)17)18-12(20)10-11-8-6-5-7-9-11/h5-9,13H,3-4,10H2,1-2H3,(H,18,20)/p+1/t13-/m1/s1. The van der Waals surface area contributed by atoms with E-state index in [-0.39, 0.29) is 12.3 Å². The molecule has 1 amide bonds. The zero-order chi connectivity index (χ0) is 15.2. The molecule has 6 heteroatoms. The summed E-state index contributed by atoms with van der Waals surface area (Å²) in [4.78, 5) is 13.1. The van der Waals surface area contributed by atoms with Crippen LogP contribution in [0.3, 0.4) is 0 Å². The Bertz CT molecular complexity index is 416. The Hall–Kier alpha value is -0.480. The van der Waals surface area contributed by atoms with E-state index >= 15 is 0 Å². The van der Waals surface area contributed by atoms with Crippen LogP contribution in [0, 0.1) is 0 Å². The lowest BCUT2D eigenvalue weighted by molar-refractivity contribution is -0.923. The molecule has 0 radical (unpaired) electrons. The molecule has 0 aliphatic rings. The molecule has 1 aromatic carbocycles. The van der Waals surface area contributed by atoms with Crippen LogP contribution in [-0.2, 0) is 11.2 Å². The third-order valence-corrected chi connectivity index (χ3v) is 3.81. The SMILES string of the molecule is CC[NH+](CC)[C@@H](NC(=O)Cc1ccccc1)C(Cl)(Cl)Cl. The Morgan fingerprint density at radius 1 is 1.20 bits per heavy atom. The van der Waals surface area contributed by atoms with Gasteiger partial charge in [-0.25, -0.2) is 0 Å². The molecule has 0 bridgehead atoms. The highest BCUT2D eigenvalue weighted by atomic mass is 35.6. The summed E-state index contributed by atoms with van der Waals surface area (Å²) < 4.78 is -1.53. The zero-order valence-corrected chi connectivity index (χ0v) is 13.9. The summed E-state index contributed by atoms with van der Waals surface area (Å²) in [5.41, 5.74) is 0.933. The number of quaternary nitrogens is 1. The number of rotatable bonds is 6. The van der Waals surface area contributed by atoms with Crippen molar-refractivity contribution in [2.75, 3.05) is 13.1 Å². The van der Waals surface area contributed by atoms with Gasteiger partial charge in [0.1, 0.15) is 0 Å². The van der Waals surface area contributed by atoms with E-state index in [1.165, 1.54) is 0 Å². The van der Waals surface area contributed by atoms with Crippen molar-refractivity contribution in [1.82, 2.24) is 5.32 Å². The van der Waals surface area contributed by atoms with Crippen LogP contribution in [0.1, 0.15) is 19.4 Å². The molecule has 1 aromatic rings. The number of amides is 1. The average molecular weight is 339 g/mol.